The Kier molecular flexibility index (Phi) is 5.07. The van der Waals surface area contributed by atoms with E-state index < -0.39 is 5.41 Å². The SMILES string of the molecule is Cc1n[nH]c(C)c1C(=O)N1C[C@H]2CN(C(=O)COC(C)C)C[C@@]2(CO)C1. The van der Waals surface area contributed by atoms with Gasteiger partial charge >= 0.3 is 0 Å². The standard InChI is InChI=1S/C18H28N4O4/c1-11(2)26-7-15(24)21-5-14-6-22(9-18(14,8-21)10-23)17(25)16-12(3)19-20-13(16)4/h11,14,23H,5-10H2,1-4H3,(H,19,20)/t14-,18+/m1/s1. The van der Waals surface area contributed by atoms with Crippen molar-refractivity contribution in [1.29, 1.82) is 0 Å². The summed E-state index contributed by atoms with van der Waals surface area (Å²) in [6.45, 7) is 9.45. The normalized spacial score (nSPS) is 25.2. The number of aromatic nitrogens is 2. The van der Waals surface area contributed by atoms with Crippen LogP contribution in [0.5, 0.6) is 0 Å². The van der Waals surface area contributed by atoms with Gasteiger partial charge in [0.1, 0.15) is 6.61 Å². The first-order chi connectivity index (χ1) is 12.3. The van der Waals surface area contributed by atoms with Crippen LogP contribution in [0.25, 0.3) is 0 Å². The second-order valence-corrected chi connectivity index (χ2v) is 7.85. The highest BCUT2D eigenvalue weighted by Gasteiger charge is 2.54. The Morgan fingerprint density at radius 1 is 1.31 bits per heavy atom. The van der Waals surface area contributed by atoms with Crippen LogP contribution >= 0.6 is 0 Å². The molecule has 26 heavy (non-hydrogen) atoms. The molecule has 0 aromatic carbocycles. The summed E-state index contributed by atoms with van der Waals surface area (Å²) in [6, 6.07) is 0. The summed E-state index contributed by atoms with van der Waals surface area (Å²) in [7, 11) is 0. The highest BCUT2D eigenvalue weighted by molar-refractivity contribution is 5.96. The number of likely N-dealkylation sites (tertiary alicyclic amines) is 2. The predicted octanol–water partition coefficient (Wildman–Crippen LogP) is 0.344. The number of hydrogen-bond acceptors (Lipinski definition) is 5. The number of fused-ring (bicyclic) bond motifs is 1. The van der Waals surface area contributed by atoms with Gasteiger partial charge in [-0.25, -0.2) is 0 Å². The van der Waals surface area contributed by atoms with E-state index in [1.807, 2.05) is 27.7 Å². The quantitative estimate of drug-likeness (QED) is 0.785. The van der Waals surface area contributed by atoms with Gasteiger partial charge in [-0.15, -0.1) is 0 Å². The molecule has 1 aromatic heterocycles. The average molecular weight is 364 g/mol. The Morgan fingerprint density at radius 3 is 2.50 bits per heavy atom. The van der Waals surface area contributed by atoms with Crippen molar-refractivity contribution in [2.45, 2.75) is 33.8 Å². The van der Waals surface area contributed by atoms with Crippen molar-refractivity contribution in [2.75, 3.05) is 39.4 Å². The molecule has 8 heteroatoms. The van der Waals surface area contributed by atoms with Gasteiger partial charge in [-0.3, -0.25) is 14.7 Å². The van der Waals surface area contributed by atoms with E-state index in [9.17, 15) is 14.7 Å². The van der Waals surface area contributed by atoms with Crippen LogP contribution < -0.4 is 0 Å². The maximum absolute atomic E-state index is 12.9. The van der Waals surface area contributed by atoms with Crippen LogP contribution in [0.2, 0.25) is 0 Å². The molecular formula is C18H28N4O4. The third-order valence-electron chi connectivity index (χ3n) is 5.60. The van der Waals surface area contributed by atoms with Gasteiger partial charge in [0.25, 0.3) is 5.91 Å². The Labute approximate surface area is 153 Å². The highest BCUT2D eigenvalue weighted by atomic mass is 16.5. The molecule has 8 nitrogen and oxygen atoms in total. The number of ether oxygens (including phenoxy) is 1. The Balaban J connectivity index is 1.69. The van der Waals surface area contributed by atoms with Crippen LogP contribution in [0.1, 0.15) is 35.6 Å². The maximum atomic E-state index is 12.9. The molecule has 0 aliphatic carbocycles. The zero-order valence-electron chi connectivity index (χ0n) is 15.9. The fourth-order valence-corrected chi connectivity index (χ4v) is 4.10. The average Bonchev–Trinajstić information content (AvgIpc) is 3.22. The van der Waals surface area contributed by atoms with Crippen molar-refractivity contribution >= 4 is 11.8 Å². The van der Waals surface area contributed by atoms with Gasteiger partial charge in [0, 0.05) is 43.2 Å². The van der Waals surface area contributed by atoms with Crippen molar-refractivity contribution < 1.29 is 19.4 Å². The number of carbonyl (C=O) groups excluding carboxylic acids is 2. The van der Waals surface area contributed by atoms with E-state index in [4.69, 9.17) is 4.74 Å². The highest BCUT2D eigenvalue weighted by Crippen LogP contribution is 2.42. The summed E-state index contributed by atoms with van der Waals surface area (Å²) in [6.07, 6.45) is 0.00223. The van der Waals surface area contributed by atoms with E-state index in [1.54, 1.807) is 9.80 Å². The third kappa shape index (κ3) is 3.23. The fraction of sp³-hybridized carbons (Fsp3) is 0.722. The van der Waals surface area contributed by atoms with E-state index in [1.165, 1.54) is 0 Å². The molecule has 2 fully saturated rings. The number of amides is 2. The summed E-state index contributed by atoms with van der Waals surface area (Å²) in [5, 5.41) is 17.0. The number of aryl methyl sites for hydroxylation is 2. The maximum Gasteiger partial charge on any atom is 0.257 e. The van der Waals surface area contributed by atoms with Crippen molar-refractivity contribution in [3.05, 3.63) is 17.0 Å². The first-order valence-electron chi connectivity index (χ1n) is 9.08. The van der Waals surface area contributed by atoms with E-state index in [-0.39, 0.29) is 37.0 Å². The smallest absolute Gasteiger partial charge is 0.257 e. The number of hydrogen-bond donors (Lipinski definition) is 2. The van der Waals surface area contributed by atoms with Gasteiger partial charge in [-0.1, -0.05) is 0 Å². The van der Waals surface area contributed by atoms with Gasteiger partial charge in [-0.2, -0.15) is 5.10 Å². The van der Waals surface area contributed by atoms with Gasteiger partial charge in [0.2, 0.25) is 5.91 Å². The topological polar surface area (TPSA) is 98.8 Å². The van der Waals surface area contributed by atoms with Gasteiger partial charge in [-0.05, 0) is 27.7 Å². The molecule has 2 N–H and O–H groups in total. The zero-order chi connectivity index (χ0) is 19.1. The van der Waals surface area contributed by atoms with E-state index in [2.05, 4.69) is 10.2 Å². The number of carbonyl (C=O) groups is 2. The number of aliphatic hydroxyl groups is 1. The Morgan fingerprint density at radius 2 is 1.96 bits per heavy atom. The minimum absolute atomic E-state index is 0.00223. The third-order valence-corrected chi connectivity index (χ3v) is 5.60. The minimum atomic E-state index is -0.450. The van der Waals surface area contributed by atoms with Crippen LogP contribution in [0.15, 0.2) is 0 Å². The largest absolute Gasteiger partial charge is 0.396 e. The summed E-state index contributed by atoms with van der Waals surface area (Å²) in [4.78, 5) is 28.8. The molecule has 2 amide bonds. The Bertz CT molecular complexity index is 682. The van der Waals surface area contributed by atoms with Crippen molar-refractivity contribution in [3.63, 3.8) is 0 Å². The fourth-order valence-electron chi connectivity index (χ4n) is 4.10. The molecule has 1 aromatic rings. The van der Waals surface area contributed by atoms with Gasteiger partial charge in [0.15, 0.2) is 0 Å². The lowest BCUT2D eigenvalue weighted by molar-refractivity contribution is -0.137. The zero-order valence-corrected chi connectivity index (χ0v) is 15.9. The van der Waals surface area contributed by atoms with Crippen LogP contribution in [-0.4, -0.2) is 82.4 Å². The number of H-pyrrole nitrogens is 1. The molecule has 2 aliphatic heterocycles. The Hall–Kier alpha value is -1.93. The molecule has 2 atom stereocenters. The molecule has 144 valence electrons. The lowest BCUT2D eigenvalue weighted by atomic mass is 9.82. The monoisotopic (exact) mass is 364 g/mol. The number of aromatic amines is 1. The van der Waals surface area contributed by atoms with Crippen LogP contribution in [0.4, 0.5) is 0 Å². The van der Waals surface area contributed by atoms with Crippen LogP contribution in [0.3, 0.4) is 0 Å². The minimum Gasteiger partial charge on any atom is -0.396 e. The molecule has 2 aliphatic rings. The van der Waals surface area contributed by atoms with Crippen LogP contribution in [-0.2, 0) is 9.53 Å². The lowest BCUT2D eigenvalue weighted by Crippen LogP contribution is -2.41. The molecular weight excluding hydrogens is 336 g/mol. The molecule has 0 bridgehead atoms. The first kappa shape index (κ1) is 18.8. The molecule has 2 saturated heterocycles. The summed E-state index contributed by atoms with van der Waals surface area (Å²) < 4.78 is 5.41. The summed E-state index contributed by atoms with van der Waals surface area (Å²) in [5.41, 5.74) is 1.60. The number of rotatable bonds is 5. The van der Waals surface area contributed by atoms with E-state index in [0.717, 1.165) is 5.69 Å². The molecule has 0 radical (unpaired) electrons. The molecule has 3 heterocycles. The van der Waals surface area contributed by atoms with Crippen molar-refractivity contribution in [3.8, 4) is 0 Å². The molecule has 0 unspecified atom stereocenters. The molecule has 0 saturated carbocycles. The summed E-state index contributed by atoms with van der Waals surface area (Å²) in [5.74, 6) is -0.0377. The number of nitrogens with one attached hydrogen (secondary N) is 1. The molecule has 3 rings (SSSR count). The molecule has 0 spiro atoms. The van der Waals surface area contributed by atoms with Crippen molar-refractivity contribution in [2.24, 2.45) is 11.3 Å². The lowest BCUT2D eigenvalue weighted by Gasteiger charge is -2.27. The van der Waals surface area contributed by atoms with Crippen molar-refractivity contribution in [1.82, 2.24) is 20.0 Å². The van der Waals surface area contributed by atoms with Gasteiger partial charge < -0.3 is 19.6 Å². The second kappa shape index (κ2) is 7.00. The summed E-state index contributed by atoms with van der Waals surface area (Å²) >= 11 is 0. The predicted molar refractivity (Wildman–Crippen MR) is 94.6 cm³/mol. The second-order valence-electron chi connectivity index (χ2n) is 7.85. The van der Waals surface area contributed by atoms with E-state index >= 15 is 0 Å². The number of aliphatic hydroxyl groups excluding tert-OH is 1. The van der Waals surface area contributed by atoms with Crippen LogP contribution in [0, 0.1) is 25.2 Å². The van der Waals surface area contributed by atoms with Gasteiger partial charge in [0.05, 0.1) is 24.0 Å². The van der Waals surface area contributed by atoms with E-state index in [0.29, 0.717) is 37.4 Å². The number of nitrogens with zero attached hydrogens (tertiary/aromatic N) is 3. The first-order valence-corrected chi connectivity index (χ1v) is 9.08.